The van der Waals surface area contributed by atoms with Crippen LogP contribution < -0.4 is 10.2 Å². The number of aromatic hydroxyl groups is 2. The molecule has 0 aliphatic carbocycles. The third kappa shape index (κ3) is 3.38. The van der Waals surface area contributed by atoms with Crippen molar-refractivity contribution >= 4 is 11.0 Å². The largest absolute Gasteiger partial charge is 0.507 e. The number of phenols is 1. The molecule has 0 amide bonds. The predicted molar refractivity (Wildman–Crippen MR) is 101 cm³/mol. The molecule has 0 saturated carbocycles. The lowest BCUT2D eigenvalue weighted by Crippen LogP contribution is -2.04. The molecule has 2 N–H and O–H groups in total. The number of rotatable bonds is 6. The number of ether oxygens (including phenoxy) is 1. The van der Waals surface area contributed by atoms with Crippen molar-refractivity contribution in [3.8, 4) is 28.6 Å². The van der Waals surface area contributed by atoms with E-state index in [0.717, 1.165) is 24.8 Å². The molecule has 5 nitrogen and oxygen atoms in total. The summed E-state index contributed by atoms with van der Waals surface area (Å²) in [5, 5.41) is 20.5. The minimum absolute atomic E-state index is 0.0557. The van der Waals surface area contributed by atoms with Gasteiger partial charge in [0.2, 0.25) is 11.2 Å². The lowest BCUT2D eigenvalue weighted by molar-refractivity contribution is 0.315. The van der Waals surface area contributed by atoms with Gasteiger partial charge in [0.25, 0.3) is 0 Å². The normalized spacial score (nSPS) is 11.0. The number of phenolic OH excluding ortho intramolecular Hbond substituents is 1. The Hall–Kier alpha value is -2.95. The third-order valence-corrected chi connectivity index (χ3v) is 4.12. The maximum atomic E-state index is 12.6. The van der Waals surface area contributed by atoms with Crippen LogP contribution in [0.2, 0.25) is 0 Å². The second-order valence-electron chi connectivity index (χ2n) is 6.22. The summed E-state index contributed by atoms with van der Waals surface area (Å²) in [6, 6.07) is 10.4. The molecular weight excluding hydrogens is 332 g/mol. The molecule has 0 saturated heterocycles. The topological polar surface area (TPSA) is 79.9 Å². The molecule has 0 unspecified atom stereocenters. The zero-order valence-corrected chi connectivity index (χ0v) is 14.9. The van der Waals surface area contributed by atoms with Crippen molar-refractivity contribution in [3.05, 3.63) is 52.2 Å². The lowest BCUT2D eigenvalue weighted by Gasteiger charge is -2.10. The van der Waals surface area contributed by atoms with E-state index in [4.69, 9.17) is 9.15 Å². The predicted octanol–water partition coefficient (Wildman–Crippen LogP) is 4.61. The molecule has 26 heavy (non-hydrogen) atoms. The van der Waals surface area contributed by atoms with Gasteiger partial charge in [-0.1, -0.05) is 38.5 Å². The van der Waals surface area contributed by atoms with Crippen LogP contribution in [0.25, 0.3) is 22.3 Å². The highest BCUT2D eigenvalue weighted by Crippen LogP contribution is 2.35. The van der Waals surface area contributed by atoms with Crippen LogP contribution in [0.5, 0.6) is 17.2 Å². The average molecular weight is 354 g/mol. The molecule has 0 fully saturated rings. The molecule has 0 aliphatic heterocycles. The number of fused-ring (bicyclic) bond motifs is 1. The molecule has 1 heterocycles. The van der Waals surface area contributed by atoms with E-state index in [1.807, 2.05) is 25.1 Å². The SMILES string of the molecule is CCCOc1cc(O)c2c(=O)c(O)c(-c3cccc(CCC)c3)oc2c1. The van der Waals surface area contributed by atoms with E-state index in [2.05, 4.69) is 6.92 Å². The van der Waals surface area contributed by atoms with Crippen molar-refractivity contribution < 1.29 is 19.4 Å². The third-order valence-electron chi connectivity index (χ3n) is 4.12. The van der Waals surface area contributed by atoms with Crippen LogP contribution in [-0.2, 0) is 6.42 Å². The van der Waals surface area contributed by atoms with Crippen molar-refractivity contribution in [2.45, 2.75) is 33.1 Å². The van der Waals surface area contributed by atoms with Crippen LogP contribution in [0.15, 0.2) is 45.6 Å². The fourth-order valence-corrected chi connectivity index (χ4v) is 2.92. The van der Waals surface area contributed by atoms with Gasteiger partial charge in [-0.15, -0.1) is 0 Å². The van der Waals surface area contributed by atoms with Gasteiger partial charge in [-0.25, -0.2) is 0 Å². The van der Waals surface area contributed by atoms with Crippen molar-refractivity contribution in [2.75, 3.05) is 6.61 Å². The first-order chi connectivity index (χ1) is 12.5. The Morgan fingerprint density at radius 2 is 1.88 bits per heavy atom. The molecule has 0 atom stereocenters. The van der Waals surface area contributed by atoms with Gasteiger partial charge in [0.1, 0.15) is 22.5 Å². The highest BCUT2D eigenvalue weighted by Gasteiger charge is 2.19. The number of benzene rings is 2. The first kappa shape index (κ1) is 17.9. The lowest BCUT2D eigenvalue weighted by atomic mass is 10.0. The number of aryl methyl sites for hydroxylation is 1. The van der Waals surface area contributed by atoms with Gasteiger partial charge in [0, 0.05) is 17.7 Å². The van der Waals surface area contributed by atoms with E-state index in [1.54, 1.807) is 12.1 Å². The Bertz CT molecular complexity index is 988. The first-order valence-corrected chi connectivity index (χ1v) is 8.80. The Labute approximate surface area is 151 Å². The van der Waals surface area contributed by atoms with Gasteiger partial charge in [0.15, 0.2) is 5.76 Å². The zero-order valence-electron chi connectivity index (χ0n) is 14.9. The summed E-state index contributed by atoms with van der Waals surface area (Å²) in [5.74, 6) is -0.281. The minimum Gasteiger partial charge on any atom is -0.507 e. The van der Waals surface area contributed by atoms with E-state index in [-0.39, 0.29) is 22.5 Å². The Morgan fingerprint density at radius 3 is 2.62 bits per heavy atom. The standard InChI is InChI=1S/C21H22O5/c1-3-6-13-7-5-8-14(10-13)21-20(24)19(23)18-16(22)11-15(25-9-4-2)12-17(18)26-21/h5,7-8,10-12,22,24H,3-4,6,9H2,1-2H3. The van der Waals surface area contributed by atoms with Gasteiger partial charge in [-0.2, -0.15) is 0 Å². The highest BCUT2D eigenvalue weighted by molar-refractivity contribution is 5.88. The Balaban J connectivity index is 2.19. The monoisotopic (exact) mass is 354 g/mol. The van der Waals surface area contributed by atoms with Crippen LogP contribution in [0.4, 0.5) is 0 Å². The van der Waals surface area contributed by atoms with Crippen LogP contribution >= 0.6 is 0 Å². The summed E-state index contributed by atoms with van der Waals surface area (Å²) >= 11 is 0. The van der Waals surface area contributed by atoms with E-state index in [0.29, 0.717) is 17.9 Å². The van der Waals surface area contributed by atoms with E-state index >= 15 is 0 Å². The first-order valence-electron chi connectivity index (χ1n) is 8.80. The summed E-state index contributed by atoms with van der Waals surface area (Å²) in [6.07, 6.45) is 2.69. The Morgan fingerprint density at radius 1 is 1.08 bits per heavy atom. The molecule has 2 aromatic carbocycles. The fraction of sp³-hybridized carbons (Fsp3) is 0.286. The molecule has 5 heteroatoms. The smallest absolute Gasteiger partial charge is 0.238 e. The number of hydrogen-bond donors (Lipinski definition) is 2. The molecule has 136 valence electrons. The summed E-state index contributed by atoms with van der Waals surface area (Å²) in [4.78, 5) is 12.6. The van der Waals surface area contributed by atoms with Crippen LogP contribution in [0.1, 0.15) is 32.3 Å². The van der Waals surface area contributed by atoms with Gasteiger partial charge in [-0.3, -0.25) is 4.79 Å². The van der Waals surface area contributed by atoms with Gasteiger partial charge >= 0.3 is 0 Å². The molecule has 3 aromatic rings. The van der Waals surface area contributed by atoms with Crippen LogP contribution in [0.3, 0.4) is 0 Å². The quantitative estimate of drug-likeness (QED) is 0.675. The number of hydrogen-bond acceptors (Lipinski definition) is 5. The van der Waals surface area contributed by atoms with Crippen molar-refractivity contribution in [3.63, 3.8) is 0 Å². The van der Waals surface area contributed by atoms with Crippen molar-refractivity contribution in [2.24, 2.45) is 0 Å². The summed E-state index contributed by atoms with van der Waals surface area (Å²) in [5.41, 5.74) is 1.22. The van der Waals surface area contributed by atoms with Gasteiger partial charge in [-0.05, 0) is 24.5 Å². The molecule has 0 radical (unpaired) electrons. The fourth-order valence-electron chi connectivity index (χ4n) is 2.92. The van der Waals surface area contributed by atoms with Crippen molar-refractivity contribution in [1.82, 2.24) is 0 Å². The second-order valence-corrected chi connectivity index (χ2v) is 6.22. The van der Waals surface area contributed by atoms with Crippen LogP contribution in [0, 0.1) is 0 Å². The molecule has 3 rings (SSSR count). The average Bonchev–Trinajstić information content (AvgIpc) is 2.63. The molecule has 0 bridgehead atoms. The zero-order chi connectivity index (χ0) is 18.7. The minimum atomic E-state index is -0.665. The van der Waals surface area contributed by atoms with E-state index < -0.39 is 11.2 Å². The van der Waals surface area contributed by atoms with Crippen molar-refractivity contribution in [1.29, 1.82) is 0 Å². The molecule has 0 aliphatic rings. The van der Waals surface area contributed by atoms with Crippen LogP contribution in [-0.4, -0.2) is 16.8 Å². The molecule has 1 aromatic heterocycles. The van der Waals surface area contributed by atoms with E-state index in [9.17, 15) is 15.0 Å². The van der Waals surface area contributed by atoms with Gasteiger partial charge in [0.05, 0.1) is 6.61 Å². The maximum absolute atomic E-state index is 12.6. The Kier molecular flexibility index (Phi) is 5.16. The summed E-state index contributed by atoms with van der Waals surface area (Å²) in [6.45, 7) is 4.54. The summed E-state index contributed by atoms with van der Waals surface area (Å²) < 4.78 is 11.3. The molecular formula is C21H22O5. The van der Waals surface area contributed by atoms with Gasteiger partial charge < -0.3 is 19.4 Å². The second kappa shape index (κ2) is 7.52. The maximum Gasteiger partial charge on any atom is 0.238 e. The summed E-state index contributed by atoms with van der Waals surface area (Å²) in [7, 11) is 0. The molecule has 0 spiro atoms. The highest BCUT2D eigenvalue weighted by atomic mass is 16.5. The van der Waals surface area contributed by atoms with E-state index in [1.165, 1.54) is 6.07 Å².